The number of aryl methyl sites for hydroxylation is 1. The summed E-state index contributed by atoms with van der Waals surface area (Å²) in [6.07, 6.45) is -4.41. The number of nitrogens with zero attached hydrogens (tertiary/aromatic N) is 1. The van der Waals surface area contributed by atoms with Gasteiger partial charge in [0.1, 0.15) is 0 Å². The van der Waals surface area contributed by atoms with E-state index in [0.29, 0.717) is 5.56 Å². The quantitative estimate of drug-likeness (QED) is 0.515. The van der Waals surface area contributed by atoms with Crippen LogP contribution in [0, 0.1) is 6.92 Å². The summed E-state index contributed by atoms with van der Waals surface area (Å²) in [7, 11) is 0. The minimum Gasteiger partial charge on any atom is -0.194 e. The molecule has 0 radical (unpaired) electrons. The highest BCUT2D eigenvalue weighted by atomic mass is 32.1. The maximum absolute atomic E-state index is 12.4. The molecule has 0 fully saturated rings. The van der Waals surface area contributed by atoms with Gasteiger partial charge in [-0.2, -0.15) is 18.2 Å². The maximum atomic E-state index is 12.4. The molecular weight excluding hydrogens is 211 g/mol. The van der Waals surface area contributed by atoms with Crippen molar-refractivity contribution in [1.29, 1.82) is 0 Å². The minimum atomic E-state index is -4.41. The molecule has 1 rings (SSSR count). The maximum Gasteiger partial charge on any atom is 0.418 e. The molecule has 0 amide bonds. The first-order valence-electron chi connectivity index (χ1n) is 3.71. The average molecular weight is 217 g/mol. The zero-order chi connectivity index (χ0) is 10.8. The van der Waals surface area contributed by atoms with E-state index in [1.54, 1.807) is 13.0 Å². The van der Waals surface area contributed by atoms with Gasteiger partial charge in [0, 0.05) is 0 Å². The normalized spacial score (nSPS) is 10.9. The van der Waals surface area contributed by atoms with Crippen LogP contribution < -0.4 is 0 Å². The fourth-order valence-electron chi connectivity index (χ4n) is 1.02. The summed E-state index contributed by atoms with van der Waals surface area (Å²) < 4.78 is 37.3. The van der Waals surface area contributed by atoms with Gasteiger partial charge in [-0.15, -0.1) is 0 Å². The molecule has 0 aromatic heterocycles. The first-order valence-corrected chi connectivity index (χ1v) is 4.11. The molecule has 0 aliphatic rings. The summed E-state index contributed by atoms with van der Waals surface area (Å²) in [5.41, 5.74) is -0.450. The molecule has 1 aromatic rings. The summed E-state index contributed by atoms with van der Waals surface area (Å²) in [6, 6.07) is 3.85. The molecule has 0 aliphatic carbocycles. The van der Waals surface area contributed by atoms with E-state index >= 15 is 0 Å². The van der Waals surface area contributed by atoms with Crippen LogP contribution in [0.4, 0.5) is 18.9 Å². The van der Waals surface area contributed by atoms with Crippen molar-refractivity contribution in [2.45, 2.75) is 13.1 Å². The molecule has 0 saturated carbocycles. The topological polar surface area (TPSA) is 12.4 Å². The van der Waals surface area contributed by atoms with Gasteiger partial charge < -0.3 is 0 Å². The van der Waals surface area contributed by atoms with Gasteiger partial charge in [0.2, 0.25) is 0 Å². The van der Waals surface area contributed by atoms with Crippen molar-refractivity contribution in [1.82, 2.24) is 0 Å². The van der Waals surface area contributed by atoms with Crippen LogP contribution >= 0.6 is 12.2 Å². The number of aliphatic imine (C=N–C) groups is 1. The van der Waals surface area contributed by atoms with Crippen molar-refractivity contribution < 1.29 is 13.2 Å². The van der Waals surface area contributed by atoms with Crippen molar-refractivity contribution in [2.24, 2.45) is 4.99 Å². The predicted octanol–water partition coefficient (Wildman–Crippen LogP) is 3.75. The third-order valence-electron chi connectivity index (χ3n) is 1.62. The molecule has 0 aliphatic heterocycles. The summed E-state index contributed by atoms with van der Waals surface area (Å²) in [4.78, 5) is 3.36. The van der Waals surface area contributed by atoms with Crippen LogP contribution in [0.15, 0.2) is 23.2 Å². The van der Waals surface area contributed by atoms with Gasteiger partial charge >= 0.3 is 6.18 Å². The second kappa shape index (κ2) is 3.90. The van der Waals surface area contributed by atoms with Crippen molar-refractivity contribution in [2.75, 3.05) is 0 Å². The Balaban J connectivity index is 3.37. The Hall–Kier alpha value is -1.19. The largest absolute Gasteiger partial charge is 0.418 e. The number of rotatable bonds is 1. The minimum absolute atomic E-state index is 0.196. The van der Waals surface area contributed by atoms with Gasteiger partial charge in [0.05, 0.1) is 16.4 Å². The number of hydrogen-bond donors (Lipinski definition) is 0. The standard InChI is InChI=1S/C9H6F3NS/c1-6-2-3-8(13-5-14)7(4-6)9(10,11)12/h2-4H,1H3. The van der Waals surface area contributed by atoms with Gasteiger partial charge in [0.25, 0.3) is 0 Å². The zero-order valence-corrected chi connectivity index (χ0v) is 8.04. The molecule has 0 saturated heterocycles. The summed E-state index contributed by atoms with van der Waals surface area (Å²) in [6.45, 7) is 1.58. The van der Waals surface area contributed by atoms with Crippen LogP contribution in [0.1, 0.15) is 11.1 Å². The fourth-order valence-corrected chi connectivity index (χ4v) is 1.12. The van der Waals surface area contributed by atoms with Crippen molar-refractivity contribution in [3.05, 3.63) is 29.3 Å². The van der Waals surface area contributed by atoms with Gasteiger partial charge in [0.15, 0.2) is 0 Å². The van der Waals surface area contributed by atoms with E-state index in [-0.39, 0.29) is 5.69 Å². The second-order valence-electron chi connectivity index (χ2n) is 2.72. The average Bonchev–Trinajstić information content (AvgIpc) is 2.07. The Morgan fingerprint density at radius 1 is 1.36 bits per heavy atom. The van der Waals surface area contributed by atoms with E-state index in [1.807, 2.05) is 5.16 Å². The number of benzene rings is 1. The van der Waals surface area contributed by atoms with E-state index in [2.05, 4.69) is 17.2 Å². The highest BCUT2D eigenvalue weighted by Gasteiger charge is 2.33. The molecule has 0 N–H and O–H groups in total. The molecule has 0 atom stereocenters. The number of alkyl halides is 3. The highest BCUT2D eigenvalue weighted by Crippen LogP contribution is 2.36. The van der Waals surface area contributed by atoms with Gasteiger partial charge in [-0.25, -0.2) is 0 Å². The van der Waals surface area contributed by atoms with E-state index in [1.165, 1.54) is 6.07 Å². The molecular formula is C9H6F3NS. The van der Waals surface area contributed by atoms with E-state index < -0.39 is 11.7 Å². The van der Waals surface area contributed by atoms with Crippen molar-refractivity contribution in [3.63, 3.8) is 0 Å². The van der Waals surface area contributed by atoms with Crippen LogP contribution in [0.25, 0.3) is 0 Å². The van der Waals surface area contributed by atoms with Gasteiger partial charge in [-0.3, -0.25) is 0 Å². The van der Waals surface area contributed by atoms with Crippen LogP contribution in [0.5, 0.6) is 0 Å². The third-order valence-corrected chi connectivity index (χ3v) is 1.71. The zero-order valence-electron chi connectivity index (χ0n) is 7.22. The Labute approximate surface area is 84.3 Å². The van der Waals surface area contributed by atoms with E-state index in [9.17, 15) is 13.2 Å². The smallest absolute Gasteiger partial charge is 0.194 e. The molecule has 0 unspecified atom stereocenters. The van der Waals surface area contributed by atoms with Gasteiger partial charge in [-0.05, 0) is 31.3 Å². The first-order chi connectivity index (χ1) is 6.45. The SMILES string of the molecule is Cc1ccc(N=C=S)c(C(F)(F)F)c1. The molecule has 1 nitrogen and oxygen atoms in total. The lowest BCUT2D eigenvalue weighted by atomic mass is 10.1. The van der Waals surface area contributed by atoms with Crippen LogP contribution in [-0.2, 0) is 6.18 Å². The van der Waals surface area contributed by atoms with Crippen molar-refractivity contribution >= 4 is 23.1 Å². The molecule has 74 valence electrons. The molecule has 5 heteroatoms. The fraction of sp³-hybridized carbons (Fsp3) is 0.222. The Morgan fingerprint density at radius 2 is 2.00 bits per heavy atom. The summed E-state index contributed by atoms with van der Waals surface area (Å²) in [5, 5.41) is 1.92. The third kappa shape index (κ3) is 2.40. The number of thiocarbonyl (C=S) groups is 1. The number of hydrogen-bond acceptors (Lipinski definition) is 2. The molecule has 0 heterocycles. The predicted molar refractivity (Wildman–Crippen MR) is 50.9 cm³/mol. The molecule has 0 bridgehead atoms. The number of isothiocyanates is 1. The van der Waals surface area contributed by atoms with Crippen LogP contribution in [0.3, 0.4) is 0 Å². The molecule has 1 aromatic carbocycles. The van der Waals surface area contributed by atoms with E-state index in [4.69, 9.17) is 0 Å². The monoisotopic (exact) mass is 217 g/mol. The van der Waals surface area contributed by atoms with E-state index in [0.717, 1.165) is 6.07 Å². The second-order valence-corrected chi connectivity index (χ2v) is 2.90. The number of halogens is 3. The highest BCUT2D eigenvalue weighted by molar-refractivity contribution is 7.78. The lowest BCUT2D eigenvalue weighted by molar-refractivity contribution is -0.137. The lowest BCUT2D eigenvalue weighted by Crippen LogP contribution is -2.05. The molecule has 14 heavy (non-hydrogen) atoms. The Bertz CT molecular complexity index is 392. The Kier molecular flexibility index (Phi) is 3.03. The molecule has 0 spiro atoms. The first kappa shape index (κ1) is 10.9. The lowest BCUT2D eigenvalue weighted by Gasteiger charge is -2.09. The summed E-state index contributed by atoms with van der Waals surface area (Å²) >= 11 is 4.27. The van der Waals surface area contributed by atoms with Gasteiger partial charge in [-0.1, -0.05) is 11.6 Å². The summed E-state index contributed by atoms with van der Waals surface area (Å²) in [5.74, 6) is 0. The Morgan fingerprint density at radius 3 is 2.50 bits per heavy atom. The van der Waals surface area contributed by atoms with Crippen LogP contribution in [-0.4, -0.2) is 5.16 Å². The van der Waals surface area contributed by atoms with Crippen molar-refractivity contribution in [3.8, 4) is 0 Å². The van der Waals surface area contributed by atoms with Crippen LogP contribution in [0.2, 0.25) is 0 Å².